The number of carbonyl (C=O) groups excluding carboxylic acids is 2. The lowest BCUT2D eigenvalue weighted by atomic mass is 9.71. The molecule has 5 rings (SSSR count). The van der Waals surface area contributed by atoms with E-state index in [0.29, 0.717) is 13.1 Å². The molecule has 3 aromatic rings. The molecule has 3 aromatic carbocycles. The van der Waals surface area contributed by atoms with Gasteiger partial charge in [0.15, 0.2) is 0 Å². The highest BCUT2D eigenvalue weighted by molar-refractivity contribution is 5.99. The Labute approximate surface area is 188 Å². The molecule has 0 aromatic heterocycles. The second-order valence-electron chi connectivity index (χ2n) is 8.52. The van der Waals surface area contributed by atoms with Crippen LogP contribution in [0.2, 0.25) is 0 Å². The van der Waals surface area contributed by atoms with E-state index in [0.717, 1.165) is 35.1 Å². The van der Waals surface area contributed by atoms with Gasteiger partial charge in [0.1, 0.15) is 6.04 Å². The molecule has 2 amide bonds. The molecule has 1 heterocycles. The van der Waals surface area contributed by atoms with Crippen molar-refractivity contribution in [3.8, 4) is 0 Å². The Hall–Kier alpha value is -3.66. The third kappa shape index (κ3) is 3.52. The number of rotatable bonds is 5. The van der Waals surface area contributed by atoms with Crippen molar-refractivity contribution in [2.75, 3.05) is 0 Å². The highest BCUT2D eigenvalue weighted by Gasteiger charge is 2.51. The van der Waals surface area contributed by atoms with Gasteiger partial charge in [-0.1, -0.05) is 97.1 Å². The molecule has 1 aliphatic heterocycles. The van der Waals surface area contributed by atoms with E-state index in [1.54, 1.807) is 4.90 Å². The fourth-order valence-corrected chi connectivity index (χ4v) is 4.99. The summed E-state index contributed by atoms with van der Waals surface area (Å²) in [5.74, 6) is -0.143. The van der Waals surface area contributed by atoms with Crippen LogP contribution in [-0.2, 0) is 28.1 Å². The van der Waals surface area contributed by atoms with Crippen LogP contribution in [0.25, 0.3) is 0 Å². The number of nitrogens with one attached hydrogen (secondary N) is 1. The van der Waals surface area contributed by atoms with Crippen LogP contribution in [0.1, 0.15) is 41.1 Å². The summed E-state index contributed by atoms with van der Waals surface area (Å²) in [6, 6.07) is 27.0. The number of nitrogens with zero attached hydrogens (tertiary/aromatic N) is 1. The summed E-state index contributed by atoms with van der Waals surface area (Å²) < 4.78 is 0. The zero-order chi connectivity index (χ0) is 22.0. The predicted molar refractivity (Wildman–Crippen MR) is 125 cm³/mol. The van der Waals surface area contributed by atoms with Gasteiger partial charge in [0.05, 0.1) is 5.41 Å². The fraction of sp³-hybridized carbons (Fsp3) is 0.214. The van der Waals surface area contributed by atoms with Gasteiger partial charge in [-0.2, -0.15) is 0 Å². The van der Waals surface area contributed by atoms with E-state index in [1.807, 2.05) is 91.0 Å². The highest BCUT2D eigenvalue weighted by Crippen LogP contribution is 2.47. The Morgan fingerprint density at radius 1 is 0.906 bits per heavy atom. The van der Waals surface area contributed by atoms with Gasteiger partial charge in [0.25, 0.3) is 0 Å². The summed E-state index contributed by atoms with van der Waals surface area (Å²) in [6.45, 7) is 0.823. The number of fused-ring (bicyclic) bond motifs is 2. The summed E-state index contributed by atoms with van der Waals surface area (Å²) in [6.07, 6.45) is 5.74. The van der Waals surface area contributed by atoms with E-state index in [4.69, 9.17) is 0 Å². The SMILES string of the molecule is O=C(NCc1ccccc1)C1c2ccccc2C2(C=CCC2)C(=O)N1Cc1ccccc1. The number of hydrogen-bond acceptors (Lipinski definition) is 2. The Morgan fingerprint density at radius 3 is 2.25 bits per heavy atom. The van der Waals surface area contributed by atoms with Crippen LogP contribution in [0.15, 0.2) is 97.1 Å². The van der Waals surface area contributed by atoms with Crippen LogP contribution < -0.4 is 5.32 Å². The van der Waals surface area contributed by atoms with E-state index in [9.17, 15) is 9.59 Å². The molecule has 0 fully saturated rings. The first-order valence-corrected chi connectivity index (χ1v) is 11.1. The van der Waals surface area contributed by atoms with E-state index < -0.39 is 11.5 Å². The van der Waals surface area contributed by atoms with Gasteiger partial charge < -0.3 is 10.2 Å². The molecule has 2 unspecified atom stereocenters. The van der Waals surface area contributed by atoms with Crippen molar-refractivity contribution in [1.82, 2.24) is 10.2 Å². The van der Waals surface area contributed by atoms with E-state index in [-0.39, 0.29) is 11.8 Å². The topological polar surface area (TPSA) is 49.4 Å². The molecule has 0 bridgehead atoms. The van der Waals surface area contributed by atoms with Crippen molar-refractivity contribution in [3.05, 3.63) is 119 Å². The van der Waals surface area contributed by atoms with Crippen LogP contribution in [-0.4, -0.2) is 16.7 Å². The molecule has 1 N–H and O–H groups in total. The Balaban J connectivity index is 1.55. The number of hydrogen-bond donors (Lipinski definition) is 1. The third-order valence-electron chi connectivity index (χ3n) is 6.55. The molecule has 2 aliphatic rings. The zero-order valence-electron chi connectivity index (χ0n) is 17.9. The molecule has 0 saturated carbocycles. The van der Waals surface area contributed by atoms with Crippen LogP contribution in [0, 0.1) is 0 Å². The standard InChI is InChI=1S/C28H26N2O2/c31-26(29-19-21-11-3-1-4-12-21)25-23-15-7-8-16-24(23)28(17-9-10-18-28)27(32)30(25)20-22-13-5-2-6-14-22/h1-9,11-17,25H,10,18-20H2,(H,29,31). The normalized spacial score (nSPS) is 21.6. The molecule has 1 spiro atoms. The minimum atomic E-state index is -0.679. The third-order valence-corrected chi connectivity index (χ3v) is 6.55. The van der Waals surface area contributed by atoms with Crippen LogP contribution >= 0.6 is 0 Å². The maximum Gasteiger partial charge on any atom is 0.247 e. The molecule has 160 valence electrons. The molecular formula is C28H26N2O2. The second kappa shape index (κ2) is 8.46. The first-order valence-electron chi connectivity index (χ1n) is 11.1. The Kier molecular flexibility index (Phi) is 5.36. The summed E-state index contributed by atoms with van der Waals surface area (Å²) in [5.41, 5.74) is 3.24. The molecule has 4 heteroatoms. The van der Waals surface area contributed by atoms with E-state index in [2.05, 4.69) is 11.4 Å². The minimum Gasteiger partial charge on any atom is -0.350 e. The predicted octanol–water partition coefficient (Wildman–Crippen LogP) is 4.67. The number of carbonyl (C=O) groups is 2. The lowest BCUT2D eigenvalue weighted by Crippen LogP contribution is -2.54. The minimum absolute atomic E-state index is 0.00802. The average Bonchev–Trinajstić information content (AvgIpc) is 3.33. The lowest BCUT2D eigenvalue weighted by Gasteiger charge is -2.44. The fourth-order valence-electron chi connectivity index (χ4n) is 4.99. The smallest absolute Gasteiger partial charge is 0.247 e. The van der Waals surface area contributed by atoms with Crippen molar-refractivity contribution in [2.24, 2.45) is 0 Å². The summed E-state index contributed by atoms with van der Waals surface area (Å²) in [4.78, 5) is 29.3. The quantitative estimate of drug-likeness (QED) is 0.607. The molecule has 2 atom stereocenters. The van der Waals surface area contributed by atoms with Crippen molar-refractivity contribution >= 4 is 11.8 Å². The molecule has 0 radical (unpaired) electrons. The van der Waals surface area contributed by atoms with Crippen molar-refractivity contribution in [3.63, 3.8) is 0 Å². The van der Waals surface area contributed by atoms with Gasteiger partial charge in [-0.05, 0) is 35.1 Å². The van der Waals surface area contributed by atoms with Crippen LogP contribution in [0.4, 0.5) is 0 Å². The molecule has 4 nitrogen and oxygen atoms in total. The van der Waals surface area contributed by atoms with E-state index >= 15 is 0 Å². The van der Waals surface area contributed by atoms with Gasteiger partial charge >= 0.3 is 0 Å². The average molecular weight is 423 g/mol. The maximum absolute atomic E-state index is 14.0. The van der Waals surface area contributed by atoms with Crippen LogP contribution in [0.3, 0.4) is 0 Å². The van der Waals surface area contributed by atoms with Gasteiger partial charge in [-0.3, -0.25) is 9.59 Å². The summed E-state index contributed by atoms with van der Waals surface area (Å²) in [5, 5.41) is 3.07. The maximum atomic E-state index is 14.0. The lowest BCUT2D eigenvalue weighted by molar-refractivity contribution is -0.146. The van der Waals surface area contributed by atoms with Gasteiger partial charge in [-0.25, -0.2) is 0 Å². The number of amides is 2. The Bertz CT molecular complexity index is 1160. The van der Waals surface area contributed by atoms with Crippen molar-refractivity contribution < 1.29 is 9.59 Å². The second-order valence-corrected chi connectivity index (χ2v) is 8.52. The largest absolute Gasteiger partial charge is 0.350 e. The van der Waals surface area contributed by atoms with Crippen LogP contribution in [0.5, 0.6) is 0 Å². The van der Waals surface area contributed by atoms with Crippen molar-refractivity contribution in [2.45, 2.75) is 37.4 Å². The Morgan fingerprint density at radius 2 is 1.56 bits per heavy atom. The number of benzene rings is 3. The molecule has 0 saturated heterocycles. The summed E-state index contributed by atoms with van der Waals surface area (Å²) in [7, 11) is 0. The van der Waals surface area contributed by atoms with Gasteiger partial charge in [0.2, 0.25) is 11.8 Å². The van der Waals surface area contributed by atoms with E-state index in [1.165, 1.54) is 0 Å². The molecular weight excluding hydrogens is 396 g/mol. The van der Waals surface area contributed by atoms with Crippen molar-refractivity contribution in [1.29, 1.82) is 0 Å². The number of allylic oxidation sites excluding steroid dienone is 1. The molecule has 1 aliphatic carbocycles. The van der Waals surface area contributed by atoms with Gasteiger partial charge in [0, 0.05) is 13.1 Å². The highest BCUT2D eigenvalue weighted by atomic mass is 16.2. The molecule has 32 heavy (non-hydrogen) atoms. The first kappa shape index (κ1) is 20.3. The summed E-state index contributed by atoms with van der Waals surface area (Å²) >= 11 is 0. The van der Waals surface area contributed by atoms with Gasteiger partial charge in [-0.15, -0.1) is 0 Å². The zero-order valence-corrected chi connectivity index (χ0v) is 17.9. The first-order chi connectivity index (χ1) is 15.7. The monoisotopic (exact) mass is 422 g/mol.